The lowest BCUT2D eigenvalue weighted by atomic mass is 10.1. The molecule has 0 spiro atoms. The molecule has 3 rings (SSSR count). The van der Waals surface area contributed by atoms with E-state index in [1.54, 1.807) is 38.1 Å². The highest BCUT2D eigenvalue weighted by Gasteiger charge is 2.32. The topological polar surface area (TPSA) is 86.8 Å². The number of halogens is 2. The van der Waals surface area contributed by atoms with Crippen molar-refractivity contribution in [3.63, 3.8) is 0 Å². The van der Waals surface area contributed by atoms with Crippen LogP contribution >= 0.6 is 15.9 Å². The van der Waals surface area contributed by atoms with Gasteiger partial charge in [-0.1, -0.05) is 45.8 Å². The molecule has 7 nitrogen and oxygen atoms in total. The number of rotatable bonds is 10. The summed E-state index contributed by atoms with van der Waals surface area (Å²) >= 11 is 3.38. The van der Waals surface area contributed by atoms with Gasteiger partial charge in [-0.05, 0) is 74.9 Å². The fraction of sp³-hybridized carbons (Fsp3) is 0.259. The number of aryl methyl sites for hydroxylation is 1. The summed E-state index contributed by atoms with van der Waals surface area (Å²) in [4.78, 5) is 27.6. The van der Waals surface area contributed by atoms with Gasteiger partial charge in [0.1, 0.15) is 18.4 Å². The minimum atomic E-state index is -4.23. The minimum absolute atomic E-state index is 0.0999. The Morgan fingerprint density at radius 2 is 1.57 bits per heavy atom. The summed E-state index contributed by atoms with van der Waals surface area (Å²) < 4.78 is 42.6. The quantitative estimate of drug-likeness (QED) is 0.373. The van der Waals surface area contributed by atoms with Gasteiger partial charge >= 0.3 is 0 Å². The normalized spacial score (nSPS) is 12.0. The number of likely N-dealkylation sites (N-methyl/N-ethyl adjacent to an activating group) is 1. The third kappa shape index (κ3) is 7.17. The van der Waals surface area contributed by atoms with Gasteiger partial charge in [0.25, 0.3) is 10.0 Å². The summed E-state index contributed by atoms with van der Waals surface area (Å²) in [5.74, 6) is -1.49. The monoisotopic (exact) mass is 589 g/mol. The van der Waals surface area contributed by atoms with Crippen LogP contribution in [-0.4, -0.2) is 44.3 Å². The van der Waals surface area contributed by atoms with Crippen LogP contribution in [0.3, 0.4) is 0 Å². The van der Waals surface area contributed by atoms with E-state index in [4.69, 9.17) is 0 Å². The third-order valence-corrected chi connectivity index (χ3v) is 8.10. The molecule has 0 aliphatic heterocycles. The van der Waals surface area contributed by atoms with Gasteiger partial charge < -0.3 is 10.2 Å². The maximum absolute atomic E-state index is 13.7. The van der Waals surface area contributed by atoms with E-state index in [1.165, 1.54) is 4.90 Å². The lowest BCUT2D eigenvalue weighted by Crippen LogP contribution is -2.51. The molecule has 2 amide bonds. The summed E-state index contributed by atoms with van der Waals surface area (Å²) in [5.41, 5.74) is 1.96. The average molecular weight is 591 g/mol. The van der Waals surface area contributed by atoms with Crippen molar-refractivity contribution in [3.05, 3.63) is 94.2 Å². The number of anilines is 1. The molecule has 1 N–H and O–H groups in total. The van der Waals surface area contributed by atoms with Gasteiger partial charge in [-0.3, -0.25) is 13.9 Å². The molecule has 10 heteroatoms. The van der Waals surface area contributed by atoms with E-state index in [-0.39, 0.29) is 23.0 Å². The second kappa shape index (κ2) is 12.3. The Labute approximate surface area is 225 Å². The summed E-state index contributed by atoms with van der Waals surface area (Å²) in [7, 11) is -4.23. The predicted octanol–water partition coefficient (Wildman–Crippen LogP) is 4.65. The molecule has 0 radical (unpaired) electrons. The van der Waals surface area contributed by atoms with Crippen LogP contribution in [0, 0.1) is 12.7 Å². The van der Waals surface area contributed by atoms with Crippen LogP contribution in [0.1, 0.15) is 25.0 Å². The van der Waals surface area contributed by atoms with Crippen LogP contribution in [-0.2, 0) is 26.2 Å². The van der Waals surface area contributed by atoms with E-state index >= 15 is 0 Å². The number of carbonyl (C=O) groups excluding carboxylic acids is 2. The SMILES string of the molecule is CCNC(=O)[C@@H](C)N(Cc1ccc(Br)cc1)C(=O)CN(c1ccc(C)cc1)S(=O)(=O)c1ccc(F)cc1. The van der Waals surface area contributed by atoms with E-state index < -0.39 is 34.3 Å². The number of nitrogens with zero attached hydrogens (tertiary/aromatic N) is 2. The zero-order valence-corrected chi connectivity index (χ0v) is 23.2. The molecule has 3 aromatic rings. The fourth-order valence-electron chi connectivity index (χ4n) is 3.66. The van der Waals surface area contributed by atoms with Crippen LogP contribution < -0.4 is 9.62 Å². The van der Waals surface area contributed by atoms with Crippen molar-refractivity contribution in [2.75, 3.05) is 17.4 Å². The number of hydrogen-bond acceptors (Lipinski definition) is 4. The molecule has 0 aromatic heterocycles. The van der Waals surface area contributed by atoms with Crippen molar-refractivity contribution >= 4 is 43.5 Å². The van der Waals surface area contributed by atoms with Crippen LogP contribution in [0.25, 0.3) is 0 Å². The van der Waals surface area contributed by atoms with Crippen LogP contribution in [0.4, 0.5) is 10.1 Å². The van der Waals surface area contributed by atoms with Crippen molar-refractivity contribution in [3.8, 4) is 0 Å². The minimum Gasteiger partial charge on any atom is -0.355 e. The largest absolute Gasteiger partial charge is 0.355 e. The van der Waals surface area contributed by atoms with Gasteiger partial charge in [0.05, 0.1) is 10.6 Å². The molecule has 0 bridgehead atoms. The molecular weight excluding hydrogens is 561 g/mol. The molecule has 0 fully saturated rings. The Morgan fingerprint density at radius 1 is 0.973 bits per heavy atom. The number of benzene rings is 3. The van der Waals surface area contributed by atoms with Gasteiger partial charge in [-0.25, -0.2) is 12.8 Å². The zero-order valence-electron chi connectivity index (χ0n) is 20.8. The van der Waals surface area contributed by atoms with Crippen molar-refractivity contribution in [1.29, 1.82) is 0 Å². The molecule has 0 heterocycles. The predicted molar refractivity (Wildman–Crippen MR) is 145 cm³/mol. The summed E-state index contributed by atoms with van der Waals surface area (Å²) in [5, 5.41) is 2.72. The Kier molecular flexibility index (Phi) is 9.45. The van der Waals surface area contributed by atoms with Gasteiger partial charge in [-0.15, -0.1) is 0 Å². The second-order valence-corrected chi connectivity index (χ2v) is 11.3. The summed E-state index contributed by atoms with van der Waals surface area (Å²) in [6, 6.07) is 17.6. The van der Waals surface area contributed by atoms with E-state index in [9.17, 15) is 22.4 Å². The van der Waals surface area contributed by atoms with Crippen LogP contribution in [0.15, 0.2) is 82.2 Å². The summed E-state index contributed by atoms with van der Waals surface area (Å²) in [6.07, 6.45) is 0. The molecule has 3 aromatic carbocycles. The first kappa shape index (κ1) is 28.3. The standard InChI is InChI=1S/C27H29BrFN3O4S/c1-4-30-27(34)20(3)31(17-21-7-9-22(28)10-8-21)26(33)18-32(24-13-5-19(2)6-14-24)37(35,36)25-15-11-23(29)12-16-25/h5-16,20H,4,17-18H2,1-3H3,(H,30,34)/t20-/m1/s1. The van der Waals surface area contributed by atoms with E-state index in [2.05, 4.69) is 21.2 Å². The molecule has 1 atom stereocenters. The molecule has 0 unspecified atom stereocenters. The molecule has 196 valence electrons. The Bertz CT molecular complexity index is 1330. The number of nitrogens with one attached hydrogen (secondary N) is 1. The smallest absolute Gasteiger partial charge is 0.264 e. The maximum Gasteiger partial charge on any atom is 0.264 e. The van der Waals surface area contributed by atoms with E-state index in [0.29, 0.717) is 6.54 Å². The third-order valence-electron chi connectivity index (χ3n) is 5.79. The van der Waals surface area contributed by atoms with Crippen LogP contribution in [0.5, 0.6) is 0 Å². The van der Waals surface area contributed by atoms with Gasteiger partial charge in [0.2, 0.25) is 11.8 Å². The lowest BCUT2D eigenvalue weighted by Gasteiger charge is -2.32. The average Bonchev–Trinajstić information content (AvgIpc) is 2.87. The van der Waals surface area contributed by atoms with Crippen molar-refractivity contribution in [2.24, 2.45) is 0 Å². The molecule has 0 saturated heterocycles. The highest BCUT2D eigenvalue weighted by molar-refractivity contribution is 9.10. The second-order valence-electron chi connectivity index (χ2n) is 8.52. The summed E-state index contributed by atoms with van der Waals surface area (Å²) in [6.45, 7) is 5.18. The molecular formula is C27H29BrFN3O4S. The molecule has 0 aliphatic rings. The van der Waals surface area contributed by atoms with E-state index in [1.807, 2.05) is 31.2 Å². The Balaban J connectivity index is 2.01. The number of sulfonamides is 1. The van der Waals surface area contributed by atoms with Crippen molar-refractivity contribution in [2.45, 2.75) is 38.3 Å². The fourth-order valence-corrected chi connectivity index (χ4v) is 5.34. The molecule has 37 heavy (non-hydrogen) atoms. The zero-order chi connectivity index (χ0) is 27.2. The first-order valence-electron chi connectivity index (χ1n) is 11.7. The van der Waals surface area contributed by atoms with Crippen molar-refractivity contribution < 1.29 is 22.4 Å². The number of hydrogen-bond donors (Lipinski definition) is 1. The lowest BCUT2D eigenvalue weighted by molar-refractivity contribution is -0.139. The molecule has 0 aliphatic carbocycles. The van der Waals surface area contributed by atoms with Crippen molar-refractivity contribution in [1.82, 2.24) is 10.2 Å². The highest BCUT2D eigenvalue weighted by Crippen LogP contribution is 2.25. The number of amides is 2. The number of carbonyl (C=O) groups is 2. The first-order valence-corrected chi connectivity index (χ1v) is 13.9. The molecule has 0 saturated carbocycles. The van der Waals surface area contributed by atoms with Crippen LogP contribution in [0.2, 0.25) is 0 Å². The highest BCUT2D eigenvalue weighted by atomic mass is 79.9. The first-order chi connectivity index (χ1) is 17.5. The maximum atomic E-state index is 13.7. The van der Waals surface area contributed by atoms with E-state index in [0.717, 1.165) is 44.2 Å². The van der Waals surface area contributed by atoms with Gasteiger partial charge in [-0.2, -0.15) is 0 Å². The van der Waals surface area contributed by atoms with Gasteiger partial charge in [0.15, 0.2) is 0 Å². The Hall–Kier alpha value is -3.24. The Morgan fingerprint density at radius 3 is 2.14 bits per heavy atom. The van der Waals surface area contributed by atoms with Gasteiger partial charge in [0, 0.05) is 17.6 Å².